The van der Waals surface area contributed by atoms with Crippen LogP contribution in [0.15, 0.2) is 285 Å². The van der Waals surface area contributed by atoms with E-state index in [2.05, 4.69) is 262 Å². The SMILES string of the molecule is c1ccc(-c2cc(-c3ccc(-n4c5ccc(-n6c7ccccc7c7ccccc76)cc5c5cc(-n6c7ccccc7c7ccccc76)ccc54)c(-c4nc(-c5ccccc5)cc(-c5ccccc5)n4)c3)nc(-c3ccccc3)n2)cc1. The van der Waals surface area contributed by atoms with E-state index in [-0.39, 0.29) is 0 Å². The highest BCUT2D eigenvalue weighted by Crippen LogP contribution is 2.43. The lowest BCUT2D eigenvalue weighted by Crippen LogP contribution is -2.03. The second-order valence-corrected chi connectivity index (χ2v) is 20.6. The molecule has 0 aliphatic heterocycles. The molecule has 0 saturated carbocycles. The number of aromatic nitrogens is 7. The molecule has 5 aromatic heterocycles. The van der Waals surface area contributed by atoms with Crippen molar-refractivity contribution in [3.63, 3.8) is 0 Å². The first-order chi connectivity index (χ1) is 40.2. The highest BCUT2D eigenvalue weighted by molar-refractivity contribution is 6.14. The van der Waals surface area contributed by atoms with Gasteiger partial charge >= 0.3 is 0 Å². The summed E-state index contributed by atoms with van der Waals surface area (Å²) in [5, 5.41) is 7.10. The molecule has 0 fully saturated rings. The fourth-order valence-electron chi connectivity index (χ4n) is 12.2. The average Bonchev–Trinajstić information content (AvgIpc) is 4.02. The van der Waals surface area contributed by atoms with E-state index in [9.17, 15) is 0 Å². The van der Waals surface area contributed by atoms with Gasteiger partial charge in [0.1, 0.15) is 0 Å². The third kappa shape index (κ3) is 7.74. The zero-order valence-corrected chi connectivity index (χ0v) is 43.8. The van der Waals surface area contributed by atoms with Crippen molar-refractivity contribution in [1.29, 1.82) is 0 Å². The first-order valence-electron chi connectivity index (χ1n) is 27.4. The second kappa shape index (κ2) is 18.9. The Labute approximate surface area is 466 Å². The topological polar surface area (TPSA) is 66.3 Å². The molecule has 0 spiro atoms. The Morgan fingerprint density at radius 3 is 0.951 bits per heavy atom. The number of hydrogen-bond acceptors (Lipinski definition) is 4. The normalized spacial score (nSPS) is 11.7. The predicted octanol–water partition coefficient (Wildman–Crippen LogP) is 18.6. The molecule has 0 saturated heterocycles. The van der Waals surface area contributed by atoms with E-state index in [4.69, 9.17) is 19.9 Å². The van der Waals surface area contributed by atoms with E-state index < -0.39 is 0 Å². The summed E-state index contributed by atoms with van der Waals surface area (Å²) >= 11 is 0. The Morgan fingerprint density at radius 2 is 0.543 bits per heavy atom. The summed E-state index contributed by atoms with van der Waals surface area (Å²) in [4.78, 5) is 21.6. The number of nitrogens with zero attached hydrogens (tertiary/aromatic N) is 7. The standard InChI is InChI=1S/C74H47N7/c1-5-21-48(22-6-1)62-47-65(76-73(75-62)51-27-11-4-12-28-51)52-37-40-72(61(43-52)74-77-63(49-23-7-2-8-24-49)46-64(78-74)50-25-9-3-10-26-50)81-70-41-38-53(79-66-33-17-13-29-55(66)56-30-14-18-34-67(56)79)44-59(70)60-45-54(39-42-71(60)81)80-68-35-19-15-31-57(68)58-32-16-20-36-69(58)80/h1-47H. The molecule has 0 aliphatic carbocycles. The Bertz CT molecular complexity index is 4700. The summed E-state index contributed by atoms with van der Waals surface area (Å²) in [5.74, 6) is 1.23. The largest absolute Gasteiger partial charge is 0.309 e. The zero-order valence-electron chi connectivity index (χ0n) is 43.8. The van der Waals surface area contributed by atoms with Gasteiger partial charge in [0.25, 0.3) is 0 Å². The minimum Gasteiger partial charge on any atom is -0.309 e. The third-order valence-corrected chi connectivity index (χ3v) is 15.9. The summed E-state index contributed by atoms with van der Waals surface area (Å²) in [6, 6.07) is 101. The van der Waals surface area contributed by atoms with E-state index >= 15 is 0 Å². The molecule has 11 aromatic carbocycles. The van der Waals surface area contributed by atoms with Crippen molar-refractivity contribution in [2.45, 2.75) is 0 Å². The molecular weight excluding hydrogens is 987 g/mol. The first kappa shape index (κ1) is 46.1. The van der Waals surface area contributed by atoms with E-state index in [1.54, 1.807) is 0 Å². The van der Waals surface area contributed by atoms with Crippen LogP contribution in [0.25, 0.3) is 150 Å². The van der Waals surface area contributed by atoms with E-state index in [0.717, 1.165) is 117 Å². The van der Waals surface area contributed by atoms with Gasteiger partial charge in [-0.05, 0) is 84.9 Å². The van der Waals surface area contributed by atoms with Crippen LogP contribution >= 0.6 is 0 Å². The highest BCUT2D eigenvalue weighted by atomic mass is 15.0. The fourth-order valence-corrected chi connectivity index (χ4v) is 12.2. The summed E-state index contributed by atoms with van der Waals surface area (Å²) in [6.45, 7) is 0. The molecule has 0 atom stereocenters. The van der Waals surface area contributed by atoms with Crippen LogP contribution in [0.4, 0.5) is 0 Å². The smallest absolute Gasteiger partial charge is 0.162 e. The molecule has 81 heavy (non-hydrogen) atoms. The number of hydrogen-bond donors (Lipinski definition) is 0. The van der Waals surface area contributed by atoms with E-state index in [1.807, 2.05) is 36.4 Å². The summed E-state index contributed by atoms with van der Waals surface area (Å²) in [7, 11) is 0. The Morgan fingerprint density at radius 1 is 0.210 bits per heavy atom. The monoisotopic (exact) mass is 1030 g/mol. The molecule has 0 bridgehead atoms. The van der Waals surface area contributed by atoms with Crippen LogP contribution in [0.1, 0.15) is 0 Å². The molecule has 0 amide bonds. The Balaban J connectivity index is 0.998. The first-order valence-corrected chi connectivity index (χ1v) is 27.4. The lowest BCUT2D eigenvalue weighted by molar-refractivity contribution is 1.13. The molecule has 0 N–H and O–H groups in total. The second-order valence-electron chi connectivity index (χ2n) is 20.6. The molecule has 0 aliphatic rings. The average molecular weight is 1030 g/mol. The lowest BCUT2D eigenvalue weighted by Gasteiger charge is -2.17. The maximum absolute atomic E-state index is 5.54. The van der Waals surface area contributed by atoms with E-state index in [1.165, 1.54) is 21.5 Å². The quantitative estimate of drug-likeness (QED) is 0.144. The summed E-state index contributed by atoms with van der Waals surface area (Å²) < 4.78 is 7.24. The fraction of sp³-hybridized carbons (Fsp3) is 0. The van der Waals surface area contributed by atoms with Crippen molar-refractivity contribution in [3.8, 4) is 84.9 Å². The van der Waals surface area contributed by atoms with Crippen LogP contribution in [0.5, 0.6) is 0 Å². The molecule has 16 rings (SSSR count). The predicted molar refractivity (Wildman–Crippen MR) is 333 cm³/mol. The molecule has 0 unspecified atom stereocenters. The number of rotatable bonds is 9. The van der Waals surface area contributed by atoms with Crippen LogP contribution in [-0.4, -0.2) is 33.6 Å². The van der Waals surface area contributed by atoms with Crippen LogP contribution in [0, 0.1) is 0 Å². The van der Waals surface area contributed by atoms with Gasteiger partial charge in [0, 0.05) is 77.1 Å². The van der Waals surface area contributed by atoms with Crippen LogP contribution in [0.3, 0.4) is 0 Å². The zero-order chi connectivity index (χ0) is 53.4. The van der Waals surface area contributed by atoms with Gasteiger partial charge in [-0.25, -0.2) is 19.9 Å². The van der Waals surface area contributed by atoms with Gasteiger partial charge in [-0.15, -0.1) is 0 Å². The van der Waals surface area contributed by atoms with Gasteiger partial charge in [0.05, 0.1) is 61.6 Å². The highest BCUT2D eigenvalue weighted by Gasteiger charge is 2.24. The van der Waals surface area contributed by atoms with Crippen LogP contribution in [-0.2, 0) is 0 Å². The van der Waals surface area contributed by atoms with Crippen molar-refractivity contribution in [1.82, 2.24) is 33.6 Å². The van der Waals surface area contributed by atoms with Crippen LogP contribution in [0.2, 0.25) is 0 Å². The summed E-state index contributed by atoms with van der Waals surface area (Å²) in [6.07, 6.45) is 0. The van der Waals surface area contributed by atoms with Gasteiger partial charge in [0.2, 0.25) is 0 Å². The third-order valence-electron chi connectivity index (χ3n) is 15.9. The molecule has 5 heterocycles. The lowest BCUT2D eigenvalue weighted by atomic mass is 10.0. The molecular formula is C74H47N7. The Kier molecular flexibility index (Phi) is 10.7. The van der Waals surface area contributed by atoms with Gasteiger partial charge < -0.3 is 13.7 Å². The van der Waals surface area contributed by atoms with Gasteiger partial charge in [-0.1, -0.05) is 200 Å². The van der Waals surface area contributed by atoms with Crippen molar-refractivity contribution < 1.29 is 0 Å². The van der Waals surface area contributed by atoms with Crippen LogP contribution < -0.4 is 0 Å². The molecule has 7 nitrogen and oxygen atoms in total. The number of fused-ring (bicyclic) bond motifs is 9. The molecule has 378 valence electrons. The van der Waals surface area contributed by atoms with Crippen molar-refractivity contribution in [2.75, 3.05) is 0 Å². The number of para-hydroxylation sites is 4. The maximum atomic E-state index is 5.54. The summed E-state index contributed by atoms with van der Waals surface area (Å²) in [5.41, 5.74) is 18.8. The molecule has 0 radical (unpaired) electrons. The van der Waals surface area contributed by atoms with Gasteiger partial charge in [-0.2, -0.15) is 0 Å². The van der Waals surface area contributed by atoms with Gasteiger partial charge in [0.15, 0.2) is 11.6 Å². The van der Waals surface area contributed by atoms with Gasteiger partial charge in [-0.3, -0.25) is 0 Å². The minimum absolute atomic E-state index is 0.589. The van der Waals surface area contributed by atoms with Crippen molar-refractivity contribution in [3.05, 3.63) is 285 Å². The van der Waals surface area contributed by atoms with E-state index in [0.29, 0.717) is 11.6 Å². The molecule has 16 aromatic rings. The Hall–Kier alpha value is -11.0. The number of benzene rings is 11. The minimum atomic E-state index is 0.589. The van der Waals surface area contributed by atoms with Crippen molar-refractivity contribution in [2.24, 2.45) is 0 Å². The maximum Gasteiger partial charge on any atom is 0.162 e. The molecule has 7 heteroatoms. The van der Waals surface area contributed by atoms with Crippen molar-refractivity contribution >= 4 is 65.4 Å².